The Kier molecular flexibility index (Phi) is 4.19. The van der Waals surface area contributed by atoms with E-state index in [4.69, 9.17) is 39.5 Å². The van der Waals surface area contributed by atoms with Crippen molar-refractivity contribution in [2.75, 3.05) is 6.61 Å². The van der Waals surface area contributed by atoms with Crippen LogP contribution in [0, 0.1) is 0 Å². The molecule has 20 heavy (non-hydrogen) atoms. The molecule has 0 N–H and O–H groups in total. The SMILES string of the molecule is Clc1ccc(Cl)c(C(Br)c2cc(Cl)cc3c2OCC3)c1. The average molecular weight is 393 g/mol. The lowest BCUT2D eigenvalue weighted by Crippen LogP contribution is -1.98. The Balaban J connectivity index is 2.11. The largest absolute Gasteiger partial charge is 0.493 e. The van der Waals surface area contributed by atoms with E-state index in [0.29, 0.717) is 21.7 Å². The first kappa shape index (κ1) is 14.5. The van der Waals surface area contributed by atoms with E-state index in [1.165, 1.54) is 0 Å². The van der Waals surface area contributed by atoms with Gasteiger partial charge in [-0.05, 0) is 41.5 Å². The van der Waals surface area contributed by atoms with Crippen LogP contribution in [0.1, 0.15) is 21.5 Å². The van der Waals surface area contributed by atoms with E-state index in [2.05, 4.69) is 15.9 Å². The van der Waals surface area contributed by atoms with Gasteiger partial charge >= 0.3 is 0 Å². The molecule has 0 fully saturated rings. The molecule has 0 aliphatic carbocycles. The zero-order valence-electron chi connectivity index (χ0n) is 10.3. The summed E-state index contributed by atoms with van der Waals surface area (Å²) in [6.45, 7) is 0.686. The molecular weight excluding hydrogens is 382 g/mol. The lowest BCUT2D eigenvalue weighted by Gasteiger charge is -2.16. The second-order valence-electron chi connectivity index (χ2n) is 4.61. The smallest absolute Gasteiger partial charge is 0.127 e. The first-order chi connectivity index (χ1) is 9.56. The van der Waals surface area contributed by atoms with Crippen molar-refractivity contribution in [3.8, 4) is 5.75 Å². The van der Waals surface area contributed by atoms with Crippen molar-refractivity contribution in [3.63, 3.8) is 0 Å². The molecule has 1 heterocycles. The predicted octanol–water partition coefficient (Wildman–Crippen LogP) is 6.07. The highest BCUT2D eigenvalue weighted by molar-refractivity contribution is 9.09. The monoisotopic (exact) mass is 390 g/mol. The summed E-state index contributed by atoms with van der Waals surface area (Å²) in [4.78, 5) is -0.112. The molecule has 104 valence electrons. The fraction of sp³-hybridized carbons (Fsp3) is 0.200. The quantitative estimate of drug-likeness (QED) is 0.564. The average Bonchev–Trinajstić information content (AvgIpc) is 2.87. The minimum absolute atomic E-state index is 0.112. The van der Waals surface area contributed by atoms with Crippen molar-refractivity contribution in [2.45, 2.75) is 11.2 Å². The molecule has 2 aromatic rings. The highest BCUT2D eigenvalue weighted by Gasteiger charge is 2.24. The number of ether oxygens (including phenoxy) is 1. The summed E-state index contributed by atoms with van der Waals surface area (Å²) in [5.41, 5.74) is 3.02. The maximum absolute atomic E-state index is 6.27. The van der Waals surface area contributed by atoms with Crippen LogP contribution in [0.4, 0.5) is 0 Å². The van der Waals surface area contributed by atoms with Gasteiger partial charge in [0.1, 0.15) is 5.75 Å². The number of alkyl halides is 1. The first-order valence-corrected chi connectivity index (χ1v) is 8.15. The lowest BCUT2D eigenvalue weighted by atomic mass is 10.0. The fourth-order valence-corrected chi connectivity index (χ4v) is 3.87. The molecule has 0 amide bonds. The van der Waals surface area contributed by atoms with E-state index in [9.17, 15) is 0 Å². The molecule has 0 aromatic heterocycles. The van der Waals surface area contributed by atoms with Crippen molar-refractivity contribution in [1.29, 1.82) is 0 Å². The van der Waals surface area contributed by atoms with Gasteiger partial charge in [-0.25, -0.2) is 0 Å². The summed E-state index contributed by atoms with van der Waals surface area (Å²) in [5.74, 6) is 0.896. The third kappa shape index (κ3) is 2.67. The van der Waals surface area contributed by atoms with Crippen molar-refractivity contribution in [3.05, 3.63) is 62.1 Å². The Morgan fingerprint density at radius 1 is 1.00 bits per heavy atom. The molecule has 2 aromatic carbocycles. The van der Waals surface area contributed by atoms with E-state index in [0.717, 1.165) is 28.9 Å². The minimum Gasteiger partial charge on any atom is -0.493 e. The number of hydrogen-bond acceptors (Lipinski definition) is 1. The van der Waals surface area contributed by atoms with E-state index in [-0.39, 0.29) is 4.83 Å². The summed E-state index contributed by atoms with van der Waals surface area (Å²) in [5, 5.41) is 2.00. The number of hydrogen-bond donors (Lipinski definition) is 0. The second kappa shape index (κ2) is 5.76. The van der Waals surface area contributed by atoms with Gasteiger partial charge in [0.05, 0.1) is 11.4 Å². The third-order valence-electron chi connectivity index (χ3n) is 3.28. The van der Waals surface area contributed by atoms with Gasteiger partial charge in [0.15, 0.2) is 0 Å². The summed E-state index contributed by atoms with van der Waals surface area (Å²) in [7, 11) is 0. The molecule has 0 bridgehead atoms. The molecule has 1 aliphatic heterocycles. The summed E-state index contributed by atoms with van der Waals surface area (Å²) in [6.07, 6.45) is 0.881. The molecule has 1 nitrogen and oxygen atoms in total. The predicted molar refractivity (Wildman–Crippen MR) is 87.9 cm³/mol. The van der Waals surface area contributed by atoms with Crippen LogP contribution in [0.3, 0.4) is 0 Å². The Hall–Kier alpha value is -0.410. The second-order valence-corrected chi connectivity index (χ2v) is 6.81. The number of benzene rings is 2. The Bertz CT molecular complexity index is 672. The number of halogens is 4. The van der Waals surface area contributed by atoms with Gasteiger partial charge < -0.3 is 4.74 Å². The normalized spacial score (nSPS) is 14.8. The Morgan fingerprint density at radius 3 is 2.55 bits per heavy atom. The van der Waals surface area contributed by atoms with E-state index < -0.39 is 0 Å². The van der Waals surface area contributed by atoms with Crippen LogP contribution in [0.25, 0.3) is 0 Å². The summed E-state index contributed by atoms with van der Waals surface area (Å²) < 4.78 is 5.73. The molecule has 1 atom stereocenters. The van der Waals surface area contributed by atoms with Gasteiger partial charge in [-0.15, -0.1) is 0 Å². The van der Waals surface area contributed by atoms with Gasteiger partial charge in [-0.3, -0.25) is 0 Å². The molecule has 0 saturated heterocycles. The molecule has 1 aliphatic rings. The molecule has 3 rings (SSSR count). The fourth-order valence-electron chi connectivity index (χ4n) is 2.36. The molecule has 5 heteroatoms. The van der Waals surface area contributed by atoms with Crippen LogP contribution in [0.5, 0.6) is 5.75 Å². The van der Waals surface area contributed by atoms with Gasteiger partial charge in [0.25, 0.3) is 0 Å². The lowest BCUT2D eigenvalue weighted by molar-refractivity contribution is 0.354. The summed E-state index contributed by atoms with van der Waals surface area (Å²) >= 11 is 22.2. The molecular formula is C15H10BrCl3O. The van der Waals surface area contributed by atoms with Gasteiger partial charge in [-0.2, -0.15) is 0 Å². The van der Waals surface area contributed by atoms with Crippen LogP contribution in [-0.4, -0.2) is 6.61 Å². The van der Waals surface area contributed by atoms with Crippen molar-refractivity contribution < 1.29 is 4.74 Å². The molecule has 0 spiro atoms. The Morgan fingerprint density at radius 2 is 1.75 bits per heavy atom. The zero-order valence-corrected chi connectivity index (χ0v) is 14.2. The maximum atomic E-state index is 6.27. The van der Waals surface area contributed by atoms with Gasteiger partial charge in [-0.1, -0.05) is 50.7 Å². The maximum Gasteiger partial charge on any atom is 0.127 e. The van der Waals surface area contributed by atoms with E-state index in [1.54, 1.807) is 12.1 Å². The topological polar surface area (TPSA) is 9.23 Å². The highest BCUT2D eigenvalue weighted by atomic mass is 79.9. The van der Waals surface area contributed by atoms with Crippen molar-refractivity contribution in [1.82, 2.24) is 0 Å². The summed E-state index contributed by atoms with van der Waals surface area (Å²) in [6, 6.07) is 9.27. The number of fused-ring (bicyclic) bond motifs is 1. The van der Waals surface area contributed by atoms with Crippen molar-refractivity contribution in [2.24, 2.45) is 0 Å². The van der Waals surface area contributed by atoms with E-state index in [1.807, 2.05) is 18.2 Å². The molecule has 0 radical (unpaired) electrons. The Labute approximate surface area is 140 Å². The highest BCUT2D eigenvalue weighted by Crippen LogP contribution is 2.44. The van der Waals surface area contributed by atoms with Crippen LogP contribution in [0.15, 0.2) is 30.3 Å². The first-order valence-electron chi connectivity index (χ1n) is 6.10. The van der Waals surface area contributed by atoms with Crippen LogP contribution < -0.4 is 4.74 Å². The van der Waals surface area contributed by atoms with Crippen molar-refractivity contribution >= 4 is 50.7 Å². The standard InChI is InChI=1S/C15H10BrCl3O/c16-14(11-6-9(17)1-2-13(11)19)12-7-10(18)5-8-3-4-20-15(8)12/h1-2,5-7,14H,3-4H2. The van der Waals surface area contributed by atoms with Gasteiger partial charge in [0.2, 0.25) is 0 Å². The van der Waals surface area contributed by atoms with E-state index >= 15 is 0 Å². The van der Waals surface area contributed by atoms with Crippen LogP contribution >= 0.6 is 50.7 Å². The van der Waals surface area contributed by atoms with Gasteiger partial charge in [0, 0.05) is 27.1 Å². The third-order valence-corrected chi connectivity index (χ3v) is 5.07. The number of rotatable bonds is 2. The molecule has 1 unspecified atom stereocenters. The minimum atomic E-state index is -0.112. The molecule has 0 saturated carbocycles. The van der Waals surface area contributed by atoms with Crippen LogP contribution in [0.2, 0.25) is 15.1 Å². The zero-order chi connectivity index (χ0) is 14.3. The van der Waals surface area contributed by atoms with Crippen LogP contribution in [-0.2, 0) is 6.42 Å².